The van der Waals surface area contributed by atoms with Gasteiger partial charge in [0.1, 0.15) is 12.4 Å². The molecule has 1 heterocycles. The van der Waals surface area contributed by atoms with Crippen LogP contribution in [0.25, 0.3) is 0 Å². The Hall–Kier alpha value is -1.78. The summed E-state index contributed by atoms with van der Waals surface area (Å²) >= 11 is 0. The molecule has 0 radical (unpaired) electrons. The molecule has 13 heavy (non-hydrogen) atoms. The number of furan rings is 1. The van der Waals surface area contributed by atoms with Crippen LogP contribution in [-0.4, -0.2) is 19.6 Å². The second-order valence-corrected chi connectivity index (χ2v) is 2.16. The number of rotatable bonds is 4. The third kappa shape index (κ3) is 2.33. The highest BCUT2D eigenvalue weighted by Gasteiger charge is 2.10. The molecule has 1 aromatic heterocycles. The molecule has 70 valence electrons. The Balaban J connectivity index is 2.63. The summed E-state index contributed by atoms with van der Waals surface area (Å²) in [6, 6.07) is 2.99. The average Bonchev–Trinajstić information content (AvgIpc) is 2.62. The van der Waals surface area contributed by atoms with Gasteiger partial charge in [-0.05, 0) is 12.1 Å². The first-order valence-corrected chi connectivity index (χ1v) is 3.50. The van der Waals surface area contributed by atoms with E-state index in [1.54, 1.807) is 0 Å². The molecule has 0 atom stereocenters. The topological polar surface area (TPSA) is 65.7 Å². The lowest BCUT2D eigenvalue weighted by molar-refractivity contribution is -0.130. The molecule has 1 aromatic rings. The van der Waals surface area contributed by atoms with Crippen LogP contribution in [0.15, 0.2) is 16.5 Å². The van der Waals surface area contributed by atoms with Crippen molar-refractivity contribution in [2.24, 2.45) is 0 Å². The summed E-state index contributed by atoms with van der Waals surface area (Å²) in [5, 5.41) is 0. The van der Waals surface area contributed by atoms with Crippen molar-refractivity contribution in [2.45, 2.75) is 6.61 Å². The van der Waals surface area contributed by atoms with Crippen LogP contribution < -0.4 is 0 Å². The van der Waals surface area contributed by atoms with Crippen LogP contribution in [0.4, 0.5) is 0 Å². The van der Waals surface area contributed by atoms with Crippen molar-refractivity contribution in [3.05, 3.63) is 23.7 Å². The van der Waals surface area contributed by atoms with Gasteiger partial charge < -0.3 is 13.9 Å². The number of carbonyl (C=O) groups is 2. The number of carbonyl (C=O) groups excluding carboxylic acids is 2. The summed E-state index contributed by atoms with van der Waals surface area (Å²) in [6.07, 6.45) is 0. The van der Waals surface area contributed by atoms with E-state index in [2.05, 4.69) is 9.47 Å². The zero-order chi connectivity index (χ0) is 9.68. The highest BCUT2D eigenvalue weighted by atomic mass is 16.5. The largest absolute Gasteiger partial charge is 0.463 e. The van der Waals surface area contributed by atoms with Gasteiger partial charge >= 0.3 is 5.97 Å². The van der Waals surface area contributed by atoms with Gasteiger partial charge in [-0.3, -0.25) is 4.79 Å². The maximum atomic E-state index is 10.9. The molecule has 5 nitrogen and oxygen atoms in total. The lowest BCUT2D eigenvalue weighted by Gasteiger charge is -1.94. The molecular formula is C8H8O5. The Bertz CT molecular complexity index is 301. The van der Waals surface area contributed by atoms with Crippen molar-refractivity contribution in [2.75, 3.05) is 7.11 Å². The van der Waals surface area contributed by atoms with E-state index in [0.717, 1.165) is 0 Å². The predicted octanol–water partition coefficient (Wildman–Crippen LogP) is 0.739. The SMILES string of the molecule is COC(=O)c1ccc(COC=O)o1. The highest BCUT2D eigenvalue weighted by Crippen LogP contribution is 2.09. The molecule has 0 fully saturated rings. The third-order valence-corrected chi connectivity index (χ3v) is 1.34. The highest BCUT2D eigenvalue weighted by molar-refractivity contribution is 5.86. The fraction of sp³-hybridized carbons (Fsp3) is 0.250. The van der Waals surface area contributed by atoms with E-state index >= 15 is 0 Å². The molecule has 0 N–H and O–H groups in total. The molecule has 1 rings (SSSR count). The Kier molecular flexibility index (Phi) is 3.08. The Morgan fingerprint density at radius 2 is 2.38 bits per heavy atom. The number of methoxy groups -OCH3 is 1. The molecule has 0 saturated carbocycles. The molecule has 0 spiro atoms. The smallest absolute Gasteiger partial charge is 0.373 e. The van der Waals surface area contributed by atoms with Crippen molar-refractivity contribution < 1.29 is 23.5 Å². The zero-order valence-corrected chi connectivity index (χ0v) is 6.98. The summed E-state index contributed by atoms with van der Waals surface area (Å²) in [6.45, 7) is 0.320. The normalized spacial score (nSPS) is 9.31. The lowest BCUT2D eigenvalue weighted by atomic mass is 10.4. The molecule has 0 aliphatic carbocycles. The van der Waals surface area contributed by atoms with Crippen molar-refractivity contribution >= 4 is 12.4 Å². The summed E-state index contributed by atoms with van der Waals surface area (Å²) in [4.78, 5) is 20.7. The van der Waals surface area contributed by atoms with Crippen LogP contribution in [0.2, 0.25) is 0 Å². The average molecular weight is 184 g/mol. The minimum absolute atomic E-state index is 0.0144. The fourth-order valence-corrected chi connectivity index (χ4v) is 0.782. The van der Waals surface area contributed by atoms with E-state index in [0.29, 0.717) is 12.2 Å². The van der Waals surface area contributed by atoms with Gasteiger partial charge in [-0.1, -0.05) is 0 Å². The second-order valence-electron chi connectivity index (χ2n) is 2.16. The van der Waals surface area contributed by atoms with Gasteiger partial charge in [-0.2, -0.15) is 0 Å². The number of hydrogen-bond donors (Lipinski definition) is 0. The number of esters is 1. The van der Waals surface area contributed by atoms with Crippen LogP contribution in [0.1, 0.15) is 16.3 Å². The monoisotopic (exact) mass is 184 g/mol. The van der Waals surface area contributed by atoms with Gasteiger partial charge in [0.15, 0.2) is 0 Å². The Labute approximate surface area is 74.2 Å². The van der Waals surface area contributed by atoms with Gasteiger partial charge in [0.05, 0.1) is 7.11 Å². The van der Waals surface area contributed by atoms with E-state index in [1.807, 2.05) is 0 Å². The summed E-state index contributed by atoms with van der Waals surface area (Å²) in [5.74, 6) is -0.0724. The molecular weight excluding hydrogens is 176 g/mol. The molecule has 0 unspecified atom stereocenters. The van der Waals surface area contributed by atoms with Gasteiger partial charge in [-0.15, -0.1) is 0 Å². The lowest BCUT2D eigenvalue weighted by Crippen LogP contribution is -1.98. The second kappa shape index (κ2) is 4.30. The van der Waals surface area contributed by atoms with Crippen LogP contribution >= 0.6 is 0 Å². The van der Waals surface area contributed by atoms with E-state index in [4.69, 9.17) is 4.42 Å². The Morgan fingerprint density at radius 3 is 3.00 bits per heavy atom. The van der Waals surface area contributed by atoms with Crippen LogP contribution in [0.3, 0.4) is 0 Å². The third-order valence-electron chi connectivity index (χ3n) is 1.34. The quantitative estimate of drug-likeness (QED) is 0.510. The van der Waals surface area contributed by atoms with E-state index in [-0.39, 0.29) is 12.4 Å². The van der Waals surface area contributed by atoms with Gasteiger partial charge in [0, 0.05) is 0 Å². The molecule has 0 saturated heterocycles. The summed E-state index contributed by atoms with van der Waals surface area (Å²) < 4.78 is 13.8. The molecule has 0 aromatic carbocycles. The molecule has 5 heteroatoms. The maximum Gasteiger partial charge on any atom is 0.373 e. The maximum absolute atomic E-state index is 10.9. The van der Waals surface area contributed by atoms with Crippen molar-refractivity contribution in [3.8, 4) is 0 Å². The van der Waals surface area contributed by atoms with Crippen LogP contribution in [0, 0.1) is 0 Å². The fourth-order valence-electron chi connectivity index (χ4n) is 0.782. The molecule has 0 amide bonds. The van der Waals surface area contributed by atoms with E-state index in [9.17, 15) is 9.59 Å². The first kappa shape index (κ1) is 9.31. The first-order valence-electron chi connectivity index (χ1n) is 3.50. The van der Waals surface area contributed by atoms with E-state index < -0.39 is 5.97 Å². The van der Waals surface area contributed by atoms with Crippen molar-refractivity contribution in [1.82, 2.24) is 0 Å². The van der Waals surface area contributed by atoms with Crippen LogP contribution in [0.5, 0.6) is 0 Å². The van der Waals surface area contributed by atoms with Crippen molar-refractivity contribution in [1.29, 1.82) is 0 Å². The molecule has 0 bridgehead atoms. The van der Waals surface area contributed by atoms with E-state index in [1.165, 1.54) is 19.2 Å². The Morgan fingerprint density at radius 1 is 1.62 bits per heavy atom. The summed E-state index contributed by atoms with van der Waals surface area (Å²) in [5.41, 5.74) is 0. The molecule has 0 aliphatic rings. The first-order chi connectivity index (χ1) is 6.27. The van der Waals surface area contributed by atoms with Gasteiger partial charge in [0.2, 0.25) is 5.76 Å². The standard InChI is InChI=1S/C8H8O5/c1-11-8(10)7-3-2-6(13-7)4-12-5-9/h2-3,5H,4H2,1H3. The molecule has 0 aliphatic heterocycles. The minimum atomic E-state index is -0.558. The van der Waals surface area contributed by atoms with Crippen molar-refractivity contribution in [3.63, 3.8) is 0 Å². The number of ether oxygens (including phenoxy) is 2. The zero-order valence-electron chi connectivity index (χ0n) is 6.98. The predicted molar refractivity (Wildman–Crippen MR) is 40.9 cm³/mol. The van der Waals surface area contributed by atoms with Gasteiger partial charge in [-0.25, -0.2) is 4.79 Å². The number of hydrogen-bond acceptors (Lipinski definition) is 5. The van der Waals surface area contributed by atoms with Crippen LogP contribution in [-0.2, 0) is 20.9 Å². The van der Waals surface area contributed by atoms with Gasteiger partial charge in [0.25, 0.3) is 6.47 Å². The minimum Gasteiger partial charge on any atom is -0.463 e. The summed E-state index contributed by atoms with van der Waals surface area (Å²) in [7, 11) is 1.26.